The van der Waals surface area contributed by atoms with Gasteiger partial charge in [-0.25, -0.2) is 4.98 Å². The number of carbonyl (C=O) groups excluding carboxylic acids is 1. The predicted molar refractivity (Wildman–Crippen MR) is 121 cm³/mol. The van der Waals surface area contributed by atoms with E-state index in [4.69, 9.17) is 4.74 Å². The number of ether oxygens (including phenoxy) is 1. The minimum atomic E-state index is -0.191. The van der Waals surface area contributed by atoms with Crippen LogP contribution in [0, 0.1) is 13.8 Å². The van der Waals surface area contributed by atoms with Crippen LogP contribution >= 0.6 is 11.3 Å². The molecule has 0 bridgehead atoms. The molecule has 2 N–H and O–H groups in total. The first-order chi connectivity index (χ1) is 13.9. The Bertz CT molecular complexity index is 1050. The Morgan fingerprint density at radius 1 is 1.21 bits per heavy atom. The molecule has 0 aliphatic heterocycles. The van der Waals surface area contributed by atoms with Gasteiger partial charge in [0.05, 0.1) is 10.2 Å². The third-order valence-corrected chi connectivity index (χ3v) is 5.55. The number of thiazole rings is 1. The molecule has 0 unspecified atom stereocenters. The van der Waals surface area contributed by atoms with E-state index in [0.29, 0.717) is 5.75 Å². The zero-order valence-corrected chi connectivity index (χ0v) is 18.2. The molecule has 0 saturated carbocycles. The van der Waals surface area contributed by atoms with E-state index in [-0.39, 0.29) is 12.5 Å². The first-order valence-electron chi connectivity index (χ1n) is 9.56. The van der Waals surface area contributed by atoms with Crippen LogP contribution in [0.25, 0.3) is 10.2 Å². The highest BCUT2D eigenvalue weighted by atomic mass is 32.1. The van der Waals surface area contributed by atoms with Crippen molar-refractivity contribution < 1.29 is 9.53 Å². The number of aryl methyl sites for hydroxylation is 3. The topological polar surface area (TPSA) is 75.6 Å². The minimum absolute atomic E-state index is 0.0393. The summed E-state index contributed by atoms with van der Waals surface area (Å²) < 4.78 is 6.64. The molecule has 0 radical (unpaired) electrons. The average molecular weight is 411 g/mol. The molecule has 152 valence electrons. The Morgan fingerprint density at radius 2 is 1.93 bits per heavy atom. The number of benzene rings is 2. The van der Waals surface area contributed by atoms with E-state index in [1.54, 1.807) is 0 Å². The third kappa shape index (κ3) is 5.12. The number of hydrogen-bond donors (Lipinski definition) is 2. The number of hydrogen-bond acceptors (Lipinski definition) is 6. The van der Waals surface area contributed by atoms with Gasteiger partial charge in [-0.2, -0.15) is 5.10 Å². The Kier molecular flexibility index (Phi) is 6.49. The van der Waals surface area contributed by atoms with Crippen molar-refractivity contribution >= 4 is 44.0 Å². The molecule has 1 heterocycles. The van der Waals surface area contributed by atoms with Gasteiger partial charge in [-0.3, -0.25) is 10.2 Å². The average Bonchev–Trinajstić information content (AvgIpc) is 3.11. The molecule has 1 amide bonds. The van der Waals surface area contributed by atoms with Crippen molar-refractivity contribution in [2.45, 2.75) is 41.0 Å². The van der Waals surface area contributed by atoms with Gasteiger partial charge in [0, 0.05) is 11.4 Å². The van der Waals surface area contributed by atoms with Crippen molar-refractivity contribution in [2.75, 3.05) is 17.3 Å². The molecule has 0 spiro atoms. The summed E-state index contributed by atoms with van der Waals surface area (Å²) >= 11 is 1.52. The lowest BCUT2D eigenvalue weighted by Gasteiger charge is -2.13. The SMILES string of the molecule is CCc1ccc(OCC(=O)Nc2c(C)cc3nc(NN=C(C)C)sc3c2C)cc1. The Balaban J connectivity index is 1.72. The van der Waals surface area contributed by atoms with Gasteiger partial charge in [0.1, 0.15) is 5.75 Å². The molecule has 2 aromatic carbocycles. The summed E-state index contributed by atoms with van der Waals surface area (Å²) in [4.78, 5) is 17.0. The van der Waals surface area contributed by atoms with Crippen LogP contribution in [-0.2, 0) is 11.2 Å². The number of fused-ring (bicyclic) bond motifs is 1. The molecule has 1 aromatic heterocycles. The highest BCUT2D eigenvalue weighted by Crippen LogP contribution is 2.35. The fourth-order valence-electron chi connectivity index (χ4n) is 2.93. The standard InChI is InChI=1S/C22H26N4O2S/c1-6-16-7-9-17(10-8-16)28-12-19(27)24-20-14(4)11-18-21(15(20)5)29-22(23-18)26-25-13(2)3/h7-11H,6,12H2,1-5H3,(H,23,26)(H,24,27). The van der Waals surface area contributed by atoms with Crippen molar-refractivity contribution in [1.29, 1.82) is 0 Å². The van der Waals surface area contributed by atoms with Crippen LogP contribution in [0.3, 0.4) is 0 Å². The smallest absolute Gasteiger partial charge is 0.262 e. The van der Waals surface area contributed by atoms with Crippen LogP contribution in [0.2, 0.25) is 0 Å². The molecular weight excluding hydrogens is 384 g/mol. The second-order valence-corrected chi connectivity index (χ2v) is 8.06. The van der Waals surface area contributed by atoms with Gasteiger partial charge in [0.2, 0.25) is 5.13 Å². The number of anilines is 2. The molecule has 0 fully saturated rings. The molecule has 3 aromatic rings. The predicted octanol–water partition coefficient (Wildman–Crippen LogP) is 5.30. The number of nitrogens with zero attached hydrogens (tertiary/aromatic N) is 2. The van der Waals surface area contributed by atoms with E-state index >= 15 is 0 Å². The van der Waals surface area contributed by atoms with Gasteiger partial charge in [-0.15, -0.1) is 0 Å². The van der Waals surface area contributed by atoms with E-state index in [2.05, 4.69) is 27.8 Å². The van der Waals surface area contributed by atoms with Gasteiger partial charge in [0.25, 0.3) is 5.91 Å². The molecule has 6 nitrogen and oxygen atoms in total. The lowest BCUT2D eigenvalue weighted by Crippen LogP contribution is -2.21. The van der Waals surface area contributed by atoms with E-state index in [9.17, 15) is 4.79 Å². The summed E-state index contributed by atoms with van der Waals surface area (Å²) in [5, 5.41) is 7.92. The fourth-order valence-corrected chi connectivity index (χ4v) is 3.82. The van der Waals surface area contributed by atoms with Crippen LogP contribution in [0.4, 0.5) is 10.8 Å². The summed E-state index contributed by atoms with van der Waals surface area (Å²) in [7, 11) is 0. The summed E-state index contributed by atoms with van der Waals surface area (Å²) in [6.45, 7) is 9.86. The minimum Gasteiger partial charge on any atom is -0.484 e. The molecular formula is C22H26N4O2S. The van der Waals surface area contributed by atoms with Gasteiger partial charge in [0.15, 0.2) is 6.61 Å². The maximum atomic E-state index is 12.5. The summed E-state index contributed by atoms with van der Waals surface area (Å²) in [6, 6.07) is 9.78. The zero-order chi connectivity index (χ0) is 21.0. The molecule has 3 rings (SSSR count). The van der Waals surface area contributed by atoms with Gasteiger partial charge in [-0.1, -0.05) is 30.4 Å². The Morgan fingerprint density at radius 3 is 2.59 bits per heavy atom. The summed E-state index contributed by atoms with van der Waals surface area (Å²) in [5.74, 6) is 0.496. The van der Waals surface area contributed by atoms with Crippen molar-refractivity contribution in [3.63, 3.8) is 0 Å². The monoisotopic (exact) mass is 410 g/mol. The van der Waals surface area contributed by atoms with Gasteiger partial charge in [-0.05, 0) is 69.0 Å². The molecule has 0 saturated heterocycles. The van der Waals surface area contributed by atoms with Crippen molar-refractivity contribution in [3.05, 3.63) is 47.0 Å². The quantitative estimate of drug-likeness (QED) is 0.409. The number of hydrazone groups is 1. The van der Waals surface area contributed by atoms with E-state index in [0.717, 1.165) is 44.3 Å². The Labute approximate surface area is 175 Å². The van der Waals surface area contributed by atoms with Crippen molar-refractivity contribution in [3.8, 4) is 5.75 Å². The van der Waals surface area contributed by atoms with Crippen LogP contribution in [-0.4, -0.2) is 23.2 Å². The molecule has 0 atom stereocenters. The highest BCUT2D eigenvalue weighted by molar-refractivity contribution is 7.22. The fraction of sp³-hybridized carbons (Fsp3) is 0.318. The maximum absolute atomic E-state index is 12.5. The van der Waals surface area contributed by atoms with Crippen LogP contribution < -0.4 is 15.5 Å². The van der Waals surface area contributed by atoms with Gasteiger partial charge >= 0.3 is 0 Å². The van der Waals surface area contributed by atoms with Gasteiger partial charge < -0.3 is 10.1 Å². The molecule has 7 heteroatoms. The van der Waals surface area contributed by atoms with Crippen molar-refractivity contribution in [2.24, 2.45) is 5.10 Å². The summed E-state index contributed by atoms with van der Waals surface area (Å²) in [5.41, 5.74) is 8.78. The largest absolute Gasteiger partial charge is 0.484 e. The Hall–Kier alpha value is -2.93. The molecule has 0 aliphatic rings. The number of aromatic nitrogens is 1. The van der Waals surface area contributed by atoms with E-state index in [1.807, 2.05) is 58.0 Å². The first kappa shape index (κ1) is 20.8. The van der Waals surface area contributed by atoms with E-state index < -0.39 is 0 Å². The lowest BCUT2D eigenvalue weighted by atomic mass is 10.1. The maximum Gasteiger partial charge on any atom is 0.262 e. The van der Waals surface area contributed by atoms with E-state index in [1.165, 1.54) is 16.9 Å². The normalized spacial score (nSPS) is 10.7. The van der Waals surface area contributed by atoms with Crippen LogP contribution in [0.5, 0.6) is 5.75 Å². The summed E-state index contributed by atoms with van der Waals surface area (Å²) in [6.07, 6.45) is 0.973. The zero-order valence-electron chi connectivity index (χ0n) is 17.4. The molecule has 29 heavy (non-hydrogen) atoms. The lowest BCUT2D eigenvalue weighted by molar-refractivity contribution is -0.118. The number of rotatable bonds is 7. The number of carbonyl (C=O) groups is 1. The second kappa shape index (κ2) is 9.05. The third-order valence-electron chi connectivity index (χ3n) is 4.46. The van der Waals surface area contributed by atoms with Crippen molar-refractivity contribution in [1.82, 2.24) is 4.98 Å². The molecule has 0 aliphatic carbocycles. The number of nitrogens with one attached hydrogen (secondary N) is 2. The highest BCUT2D eigenvalue weighted by Gasteiger charge is 2.15. The number of amides is 1. The second-order valence-electron chi connectivity index (χ2n) is 7.07. The van der Waals surface area contributed by atoms with Crippen LogP contribution in [0.15, 0.2) is 35.4 Å². The van der Waals surface area contributed by atoms with Crippen LogP contribution in [0.1, 0.15) is 37.5 Å². The first-order valence-corrected chi connectivity index (χ1v) is 10.4.